The second-order valence-electron chi connectivity index (χ2n) is 3.75. The molecule has 8 nitrogen and oxygen atoms in total. The van der Waals surface area contributed by atoms with Crippen molar-refractivity contribution < 1.29 is 14.9 Å². The van der Waals surface area contributed by atoms with Gasteiger partial charge in [0.1, 0.15) is 11.8 Å². The Kier molecular flexibility index (Phi) is 2.39. The molecule has 17 heavy (non-hydrogen) atoms. The van der Waals surface area contributed by atoms with Gasteiger partial charge < -0.3 is 24.8 Å². The van der Waals surface area contributed by atoms with Crippen molar-refractivity contribution in [2.45, 2.75) is 12.6 Å². The molecule has 2 aromatic heterocycles. The number of anilines is 1. The third-order valence-electron chi connectivity index (χ3n) is 2.57. The summed E-state index contributed by atoms with van der Waals surface area (Å²) in [6, 6.07) is 0. The molecule has 0 saturated carbocycles. The maximum atomic E-state index is 9.44. The van der Waals surface area contributed by atoms with Gasteiger partial charge in [-0.2, -0.15) is 0 Å². The number of aromatic amines is 1. The number of β-amino-alcohol motifs (C(OH)–C–C–N with tert-alkyl or cyclic N) is 2. The predicted molar refractivity (Wildman–Crippen MR) is 57.0 cm³/mol. The first-order valence-electron chi connectivity index (χ1n) is 5.14. The van der Waals surface area contributed by atoms with Crippen molar-refractivity contribution in [1.29, 1.82) is 0 Å². The van der Waals surface area contributed by atoms with Gasteiger partial charge in [-0.15, -0.1) is 0 Å². The minimum absolute atomic E-state index is 0.238. The molecule has 2 atom stereocenters. The number of nitrogens with one attached hydrogen (secondary N) is 1. The van der Waals surface area contributed by atoms with E-state index in [1.54, 1.807) is 4.90 Å². The van der Waals surface area contributed by atoms with Gasteiger partial charge in [0.05, 0.1) is 19.4 Å². The van der Waals surface area contributed by atoms with Gasteiger partial charge in [0.25, 0.3) is 0 Å². The van der Waals surface area contributed by atoms with Crippen molar-refractivity contribution in [3.8, 4) is 0 Å². The van der Waals surface area contributed by atoms with Crippen molar-refractivity contribution in [3.05, 3.63) is 12.7 Å². The Balaban J connectivity index is 2.00. The summed E-state index contributed by atoms with van der Waals surface area (Å²) in [6.45, 7) is 0.477. The Morgan fingerprint density at radius 1 is 1.24 bits per heavy atom. The molecule has 1 aliphatic heterocycles. The highest BCUT2D eigenvalue weighted by Gasteiger charge is 2.27. The lowest BCUT2D eigenvalue weighted by Gasteiger charge is -2.33. The van der Waals surface area contributed by atoms with Crippen LogP contribution in [0.15, 0.2) is 12.7 Å². The number of hydrogen-bond acceptors (Lipinski definition) is 7. The molecular weight excluding hydrogens is 226 g/mol. The van der Waals surface area contributed by atoms with Crippen LogP contribution in [-0.4, -0.2) is 55.8 Å². The van der Waals surface area contributed by atoms with E-state index in [4.69, 9.17) is 4.74 Å². The van der Waals surface area contributed by atoms with Gasteiger partial charge in [-0.25, -0.2) is 15.0 Å². The molecule has 2 unspecified atom stereocenters. The maximum absolute atomic E-state index is 9.44. The standard InChI is InChI=1S/C9H11N5O3/c15-5-1-14(2-6(16)17-5)9-7-8(11-3-10-7)12-4-13-9/h3-6,15-16H,1-2H2,(H,10,11,12,13). The van der Waals surface area contributed by atoms with Crippen molar-refractivity contribution in [3.63, 3.8) is 0 Å². The van der Waals surface area contributed by atoms with Gasteiger partial charge in [-0.3, -0.25) is 0 Å². The third-order valence-corrected chi connectivity index (χ3v) is 2.57. The molecule has 0 aromatic carbocycles. The van der Waals surface area contributed by atoms with Gasteiger partial charge in [0.15, 0.2) is 24.0 Å². The van der Waals surface area contributed by atoms with Crippen LogP contribution in [0, 0.1) is 0 Å². The topological polar surface area (TPSA) is 107 Å². The zero-order chi connectivity index (χ0) is 11.8. The number of morpholine rings is 1. The Hall–Kier alpha value is -1.77. The van der Waals surface area contributed by atoms with E-state index < -0.39 is 12.6 Å². The number of fused-ring (bicyclic) bond motifs is 1. The van der Waals surface area contributed by atoms with Crippen LogP contribution < -0.4 is 4.90 Å². The summed E-state index contributed by atoms with van der Waals surface area (Å²) >= 11 is 0. The third kappa shape index (κ3) is 1.82. The summed E-state index contributed by atoms with van der Waals surface area (Å²) in [6.07, 6.45) is 0.849. The van der Waals surface area contributed by atoms with Crippen LogP contribution in [0.4, 0.5) is 5.82 Å². The van der Waals surface area contributed by atoms with E-state index in [1.165, 1.54) is 12.7 Å². The van der Waals surface area contributed by atoms with E-state index in [1.807, 2.05) is 0 Å². The monoisotopic (exact) mass is 237 g/mol. The average molecular weight is 237 g/mol. The molecule has 0 amide bonds. The predicted octanol–water partition coefficient (Wildman–Crippen LogP) is -1.17. The summed E-state index contributed by atoms with van der Waals surface area (Å²) in [4.78, 5) is 16.8. The quantitative estimate of drug-likeness (QED) is 0.573. The molecule has 3 rings (SSSR count). The van der Waals surface area contributed by atoms with Crippen LogP contribution in [0.1, 0.15) is 0 Å². The van der Waals surface area contributed by atoms with E-state index in [-0.39, 0.29) is 13.1 Å². The van der Waals surface area contributed by atoms with Crippen molar-refractivity contribution in [2.75, 3.05) is 18.0 Å². The molecule has 0 bridgehead atoms. The summed E-state index contributed by atoms with van der Waals surface area (Å²) in [5.74, 6) is 0.592. The lowest BCUT2D eigenvalue weighted by molar-refractivity contribution is -0.214. The zero-order valence-electron chi connectivity index (χ0n) is 8.82. The minimum atomic E-state index is -1.04. The smallest absolute Gasteiger partial charge is 0.182 e. The van der Waals surface area contributed by atoms with E-state index >= 15 is 0 Å². The normalized spacial score (nSPS) is 25.4. The molecule has 2 aromatic rings. The molecule has 8 heteroatoms. The number of aromatic nitrogens is 4. The van der Waals surface area contributed by atoms with Gasteiger partial charge in [0, 0.05) is 0 Å². The number of aliphatic hydroxyl groups excluding tert-OH is 2. The zero-order valence-corrected chi connectivity index (χ0v) is 8.82. The first-order chi connectivity index (χ1) is 8.24. The molecule has 0 spiro atoms. The fraction of sp³-hybridized carbons (Fsp3) is 0.444. The van der Waals surface area contributed by atoms with Crippen LogP contribution in [0.25, 0.3) is 11.2 Å². The lowest BCUT2D eigenvalue weighted by Crippen LogP contribution is -2.48. The number of imidazole rings is 1. The van der Waals surface area contributed by atoms with E-state index in [0.717, 1.165) is 0 Å². The molecule has 1 aliphatic rings. The summed E-state index contributed by atoms with van der Waals surface area (Å²) < 4.78 is 4.83. The first-order valence-corrected chi connectivity index (χ1v) is 5.14. The Bertz CT molecular complexity index is 520. The SMILES string of the molecule is OC1CN(c2ncnc3nc[nH]c23)CC(O)O1. The van der Waals surface area contributed by atoms with Crippen LogP contribution >= 0.6 is 0 Å². The van der Waals surface area contributed by atoms with Crippen LogP contribution in [0.2, 0.25) is 0 Å². The Labute approximate surface area is 95.9 Å². The molecule has 3 heterocycles. The average Bonchev–Trinajstić information content (AvgIpc) is 2.75. The van der Waals surface area contributed by atoms with Crippen LogP contribution in [-0.2, 0) is 4.74 Å². The molecule has 0 radical (unpaired) electrons. The van der Waals surface area contributed by atoms with E-state index in [2.05, 4.69) is 19.9 Å². The molecule has 1 saturated heterocycles. The van der Waals surface area contributed by atoms with Gasteiger partial charge in [-0.1, -0.05) is 0 Å². The lowest BCUT2D eigenvalue weighted by atomic mass is 10.3. The fourth-order valence-electron chi connectivity index (χ4n) is 1.88. The molecule has 0 aliphatic carbocycles. The van der Waals surface area contributed by atoms with Gasteiger partial charge >= 0.3 is 0 Å². The van der Waals surface area contributed by atoms with E-state index in [9.17, 15) is 10.2 Å². The number of nitrogens with zero attached hydrogens (tertiary/aromatic N) is 4. The fourth-order valence-corrected chi connectivity index (χ4v) is 1.88. The molecule has 90 valence electrons. The summed E-state index contributed by atoms with van der Waals surface area (Å²) in [5, 5.41) is 18.9. The minimum Gasteiger partial charge on any atom is -0.366 e. The number of ether oxygens (including phenoxy) is 1. The second-order valence-corrected chi connectivity index (χ2v) is 3.75. The largest absolute Gasteiger partial charge is 0.366 e. The van der Waals surface area contributed by atoms with Crippen molar-refractivity contribution >= 4 is 17.0 Å². The first kappa shape index (κ1) is 10.4. The van der Waals surface area contributed by atoms with Crippen molar-refractivity contribution in [2.24, 2.45) is 0 Å². The Morgan fingerprint density at radius 3 is 2.76 bits per heavy atom. The highest BCUT2D eigenvalue weighted by Crippen LogP contribution is 2.22. The molecule has 1 fully saturated rings. The highest BCUT2D eigenvalue weighted by molar-refractivity contribution is 5.82. The summed E-state index contributed by atoms with van der Waals surface area (Å²) in [5.41, 5.74) is 1.22. The van der Waals surface area contributed by atoms with Crippen molar-refractivity contribution in [1.82, 2.24) is 19.9 Å². The van der Waals surface area contributed by atoms with E-state index in [0.29, 0.717) is 17.0 Å². The summed E-state index contributed by atoms with van der Waals surface area (Å²) in [7, 11) is 0. The number of rotatable bonds is 1. The molecular formula is C9H11N5O3. The second kappa shape index (κ2) is 3.91. The highest BCUT2D eigenvalue weighted by atomic mass is 16.7. The molecule has 3 N–H and O–H groups in total. The Morgan fingerprint density at radius 2 is 2.00 bits per heavy atom. The maximum Gasteiger partial charge on any atom is 0.182 e. The van der Waals surface area contributed by atoms with Gasteiger partial charge in [-0.05, 0) is 0 Å². The van der Waals surface area contributed by atoms with Gasteiger partial charge in [0.2, 0.25) is 0 Å². The number of aliphatic hydroxyl groups is 2. The van der Waals surface area contributed by atoms with Crippen LogP contribution in [0.3, 0.4) is 0 Å². The van der Waals surface area contributed by atoms with Crippen LogP contribution in [0.5, 0.6) is 0 Å². The number of H-pyrrole nitrogens is 1. The number of hydrogen-bond donors (Lipinski definition) is 3.